The van der Waals surface area contributed by atoms with E-state index in [1.165, 1.54) is 0 Å². The van der Waals surface area contributed by atoms with Crippen LogP contribution in [-0.2, 0) is 16.1 Å². The smallest absolute Gasteiger partial charge is 0.260 e. The summed E-state index contributed by atoms with van der Waals surface area (Å²) < 4.78 is 46.9. The van der Waals surface area contributed by atoms with Gasteiger partial charge in [-0.2, -0.15) is 0 Å². The SMILES string of the molecule is O=C1N(c2ccccc2)CCCCC12CN(Cc1cc(F)c(F)cc1F)CCO2. The predicted octanol–water partition coefficient (Wildman–Crippen LogP) is 3.89. The number of hydrogen-bond donors (Lipinski definition) is 0. The summed E-state index contributed by atoms with van der Waals surface area (Å²) in [6, 6.07) is 10.9. The van der Waals surface area contributed by atoms with Gasteiger partial charge < -0.3 is 9.64 Å². The molecule has 1 unspecified atom stereocenters. The molecule has 29 heavy (non-hydrogen) atoms. The van der Waals surface area contributed by atoms with Crippen LogP contribution in [0.5, 0.6) is 0 Å². The molecule has 0 saturated carbocycles. The van der Waals surface area contributed by atoms with Crippen LogP contribution in [0.4, 0.5) is 18.9 Å². The van der Waals surface area contributed by atoms with Gasteiger partial charge in [0, 0.05) is 43.5 Å². The van der Waals surface area contributed by atoms with Gasteiger partial charge in [0.2, 0.25) is 0 Å². The maximum absolute atomic E-state index is 14.1. The second-order valence-corrected chi connectivity index (χ2v) is 7.66. The maximum atomic E-state index is 14.1. The summed E-state index contributed by atoms with van der Waals surface area (Å²) in [5.74, 6) is -3.17. The van der Waals surface area contributed by atoms with Gasteiger partial charge in [0.15, 0.2) is 17.2 Å². The number of rotatable bonds is 3. The Bertz CT molecular complexity index is 893. The maximum Gasteiger partial charge on any atom is 0.260 e. The van der Waals surface area contributed by atoms with Crippen molar-refractivity contribution in [2.75, 3.05) is 31.1 Å². The molecule has 0 bridgehead atoms. The van der Waals surface area contributed by atoms with E-state index in [1.54, 1.807) is 4.90 Å². The summed E-state index contributed by atoms with van der Waals surface area (Å²) in [6.07, 6.45) is 2.28. The zero-order valence-corrected chi connectivity index (χ0v) is 16.0. The molecule has 1 spiro atoms. The first-order valence-corrected chi connectivity index (χ1v) is 9.85. The van der Waals surface area contributed by atoms with Gasteiger partial charge in [-0.3, -0.25) is 9.69 Å². The molecule has 2 aliphatic heterocycles. The molecule has 4 nitrogen and oxygen atoms in total. The normalized spacial score (nSPS) is 23.4. The molecule has 0 radical (unpaired) electrons. The van der Waals surface area contributed by atoms with E-state index in [2.05, 4.69) is 0 Å². The highest BCUT2D eigenvalue weighted by Crippen LogP contribution is 2.33. The van der Waals surface area contributed by atoms with Crippen molar-refractivity contribution in [1.29, 1.82) is 0 Å². The molecule has 2 aromatic carbocycles. The molecule has 2 fully saturated rings. The standard InChI is InChI=1S/C22H23F3N2O2/c23-18-13-20(25)19(24)12-16(18)14-26-10-11-29-22(15-26)8-4-5-9-27(21(22)28)17-6-2-1-3-7-17/h1-3,6-7,12-13H,4-5,8-11,14-15H2. The van der Waals surface area contributed by atoms with Crippen molar-refractivity contribution in [2.24, 2.45) is 0 Å². The molecule has 2 aliphatic rings. The number of carbonyl (C=O) groups excluding carboxylic acids is 1. The first kappa shape index (κ1) is 19.9. The molecule has 0 aromatic heterocycles. The molecule has 1 atom stereocenters. The third-order valence-corrected chi connectivity index (χ3v) is 5.66. The van der Waals surface area contributed by atoms with Gasteiger partial charge in [0.1, 0.15) is 5.82 Å². The van der Waals surface area contributed by atoms with Gasteiger partial charge in [-0.25, -0.2) is 13.2 Å². The molecule has 2 saturated heterocycles. The average molecular weight is 404 g/mol. The van der Waals surface area contributed by atoms with E-state index >= 15 is 0 Å². The number of ether oxygens (including phenoxy) is 1. The fourth-order valence-corrected chi connectivity index (χ4v) is 4.19. The van der Waals surface area contributed by atoms with Crippen LogP contribution in [0.1, 0.15) is 24.8 Å². The van der Waals surface area contributed by atoms with Crippen molar-refractivity contribution >= 4 is 11.6 Å². The van der Waals surface area contributed by atoms with Crippen molar-refractivity contribution in [3.8, 4) is 0 Å². The van der Waals surface area contributed by atoms with E-state index in [9.17, 15) is 18.0 Å². The Hall–Kier alpha value is -2.38. The largest absolute Gasteiger partial charge is 0.362 e. The number of amides is 1. The van der Waals surface area contributed by atoms with Crippen molar-refractivity contribution in [3.05, 3.63) is 65.5 Å². The molecule has 4 rings (SSSR count). The number of hydrogen-bond acceptors (Lipinski definition) is 3. The van der Waals surface area contributed by atoms with E-state index < -0.39 is 23.1 Å². The van der Waals surface area contributed by atoms with Crippen molar-refractivity contribution in [2.45, 2.75) is 31.4 Å². The van der Waals surface area contributed by atoms with Crippen LogP contribution in [0.15, 0.2) is 42.5 Å². The van der Waals surface area contributed by atoms with Crippen LogP contribution in [0.3, 0.4) is 0 Å². The number of para-hydroxylation sites is 1. The Kier molecular flexibility index (Phi) is 5.61. The van der Waals surface area contributed by atoms with Crippen LogP contribution in [0.25, 0.3) is 0 Å². The van der Waals surface area contributed by atoms with Crippen molar-refractivity contribution in [1.82, 2.24) is 4.90 Å². The summed E-state index contributed by atoms with van der Waals surface area (Å²) >= 11 is 0. The third-order valence-electron chi connectivity index (χ3n) is 5.66. The molecule has 0 N–H and O–H groups in total. The second kappa shape index (κ2) is 8.16. The topological polar surface area (TPSA) is 32.8 Å². The van der Waals surface area contributed by atoms with E-state index in [-0.39, 0.29) is 24.6 Å². The monoisotopic (exact) mass is 404 g/mol. The third kappa shape index (κ3) is 4.02. The van der Waals surface area contributed by atoms with Crippen molar-refractivity contribution < 1.29 is 22.7 Å². The van der Waals surface area contributed by atoms with Crippen LogP contribution in [-0.4, -0.2) is 42.6 Å². The van der Waals surface area contributed by atoms with Crippen LogP contribution in [0, 0.1) is 17.5 Å². The van der Waals surface area contributed by atoms with E-state index in [4.69, 9.17) is 4.74 Å². The molecule has 1 amide bonds. The number of anilines is 1. The van der Waals surface area contributed by atoms with Gasteiger partial charge in [0.25, 0.3) is 5.91 Å². The lowest BCUT2D eigenvalue weighted by atomic mass is 9.93. The Balaban J connectivity index is 1.57. The molecule has 0 aliphatic carbocycles. The molecule has 2 heterocycles. The zero-order chi connectivity index (χ0) is 20.4. The fraction of sp³-hybridized carbons (Fsp3) is 0.409. The lowest BCUT2D eigenvalue weighted by Crippen LogP contribution is -2.59. The predicted molar refractivity (Wildman–Crippen MR) is 103 cm³/mol. The number of morpholine rings is 1. The molecule has 7 heteroatoms. The minimum Gasteiger partial charge on any atom is -0.362 e. The van der Waals surface area contributed by atoms with E-state index in [0.717, 1.165) is 24.6 Å². The minimum atomic E-state index is -1.21. The van der Waals surface area contributed by atoms with Gasteiger partial charge >= 0.3 is 0 Å². The second-order valence-electron chi connectivity index (χ2n) is 7.66. The van der Waals surface area contributed by atoms with Gasteiger partial charge in [0.05, 0.1) is 6.61 Å². The lowest BCUT2D eigenvalue weighted by Gasteiger charge is -2.42. The van der Waals surface area contributed by atoms with E-state index in [0.29, 0.717) is 32.2 Å². The lowest BCUT2D eigenvalue weighted by molar-refractivity contribution is -0.158. The molecule has 154 valence electrons. The fourth-order valence-electron chi connectivity index (χ4n) is 4.19. The number of carbonyl (C=O) groups is 1. The number of nitrogens with zero attached hydrogens (tertiary/aromatic N) is 2. The van der Waals surface area contributed by atoms with Gasteiger partial charge in [-0.15, -0.1) is 0 Å². The highest BCUT2D eigenvalue weighted by Gasteiger charge is 2.47. The average Bonchev–Trinajstić information content (AvgIpc) is 2.87. The Morgan fingerprint density at radius 2 is 1.72 bits per heavy atom. The number of halogens is 3. The summed E-state index contributed by atoms with van der Waals surface area (Å²) in [5.41, 5.74) is -0.118. The summed E-state index contributed by atoms with van der Waals surface area (Å²) in [7, 11) is 0. The highest BCUT2D eigenvalue weighted by atomic mass is 19.2. The first-order valence-electron chi connectivity index (χ1n) is 9.85. The molecular weight excluding hydrogens is 381 g/mol. The van der Waals surface area contributed by atoms with Gasteiger partial charge in [-0.1, -0.05) is 18.2 Å². The van der Waals surface area contributed by atoms with Gasteiger partial charge in [-0.05, 0) is 37.5 Å². The zero-order valence-electron chi connectivity index (χ0n) is 16.0. The Morgan fingerprint density at radius 1 is 0.966 bits per heavy atom. The molecular formula is C22H23F3N2O2. The minimum absolute atomic E-state index is 0.0712. The highest BCUT2D eigenvalue weighted by molar-refractivity contribution is 6.00. The number of benzene rings is 2. The van der Waals surface area contributed by atoms with Crippen LogP contribution in [0.2, 0.25) is 0 Å². The van der Waals surface area contributed by atoms with Crippen molar-refractivity contribution in [3.63, 3.8) is 0 Å². The molecule has 2 aromatic rings. The first-order chi connectivity index (χ1) is 14.0. The summed E-state index contributed by atoms with van der Waals surface area (Å²) in [5, 5.41) is 0. The summed E-state index contributed by atoms with van der Waals surface area (Å²) in [4.78, 5) is 17.1. The van der Waals surface area contributed by atoms with E-state index in [1.807, 2.05) is 35.2 Å². The summed E-state index contributed by atoms with van der Waals surface area (Å²) in [6.45, 7) is 1.80. The Morgan fingerprint density at radius 3 is 2.52 bits per heavy atom. The Labute approximate surface area is 167 Å². The van der Waals surface area contributed by atoms with Crippen LogP contribution >= 0.6 is 0 Å². The van der Waals surface area contributed by atoms with Crippen LogP contribution < -0.4 is 4.90 Å². The quantitative estimate of drug-likeness (QED) is 0.728.